The summed E-state index contributed by atoms with van der Waals surface area (Å²) >= 11 is 0. The topological polar surface area (TPSA) is 83.0 Å². The largest absolute Gasteiger partial charge is 0.411 e. The Hall–Kier alpha value is -2.37. The number of nitrogens with zero attached hydrogens (tertiary/aromatic N) is 3. The molecule has 2 N–H and O–H groups in total. The van der Waals surface area contributed by atoms with Crippen molar-refractivity contribution >= 4 is 6.09 Å². The van der Waals surface area contributed by atoms with E-state index in [1.807, 2.05) is 30.3 Å². The lowest BCUT2D eigenvalue weighted by atomic mass is 10.2. The molecule has 0 aliphatic rings. The lowest BCUT2D eigenvalue weighted by Gasteiger charge is -1.98. The quantitative estimate of drug-likeness (QED) is 0.825. The molecule has 1 aromatic heterocycles. The Morgan fingerprint density at radius 3 is 2.81 bits per heavy atom. The smallest absolute Gasteiger partial charge is 0.388 e. The van der Waals surface area contributed by atoms with Crippen LogP contribution in [0.5, 0.6) is 5.88 Å². The van der Waals surface area contributed by atoms with Gasteiger partial charge in [0, 0.05) is 0 Å². The van der Waals surface area contributed by atoms with Crippen LogP contribution >= 0.6 is 0 Å². The predicted molar refractivity (Wildman–Crippen MR) is 55.8 cm³/mol. The first-order valence-electron chi connectivity index (χ1n) is 4.65. The predicted octanol–water partition coefficient (Wildman–Crippen LogP) is 0.784. The van der Waals surface area contributed by atoms with Crippen LogP contribution in [0.15, 0.2) is 36.5 Å². The van der Waals surface area contributed by atoms with Gasteiger partial charge >= 0.3 is 6.09 Å². The highest BCUT2D eigenvalue weighted by Gasteiger charge is 2.04. The van der Waals surface area contributed by atoms with E-state index in [2.05, 4.69) is 14.9 Å². The van der Waals surface area contributed by atoms with E-state index in [4.69, 9.17) is 5.73 Å². The molecule has 0 unspecified atom stereocenters. The van der Waals surface area contributed by atoms with Crippen LogP contribution in [0.1, 0.15) is 5.56 Å². The number of carbonyl (C=O) groups is 1. The number of rotatable bonds is 3. The van der Waals surface area contributed by atoms with Gasteiger partial charge in [-0.2, -0.15) is 9.90 Å². The third-order valence-corrected chi connectivity index (χ3v) is 1.89. The Bertz CT molecular complexity index is 481. The Morgan fingerprint density at radius 1 is 1.38 bits per heavy atom. The number of amides is 1. The Kier molecular flexibility index (Phi) is 2.81. The van der Waals surface area contributed by atoms with Crippen molar-refractivity contribution in [2.24, 2.45) is 5.73 Å². The van der Waals surface area contributed by atoms with Crippen molar-refractivity contribution in [1.29, 1.82) is 0 Å². The van der Waals surface area contributed by atoms with E-state index in [0.717, 1.165) is 5.56 Å². The molecule has 6 nitrogen and oxygen atoms in total. The molecule has 0 aliphatic carbocycles. The third kappa shape index (κ3) is 2.57. The van der Waals surface area contributed by atoms with Crippen molar-refractivity contribution < 1.29 is 9.53 Å². The lowest BCUT2D eigenvalue weighted by Crippen LogP contribution is -2.16. The van der Waals surface area contributed by atoms with Gasteiger partial charge < -0.3 is 10.5 Å². The van der Waals surface area contributed by atoms with Crippen LogP contribution in [0.2, 0.25) is 0 Å². The Balaban J connectivity index is 2.06. The first-order chi connectivity index (χ1) is 7.74. The molecular weight excluding hydrogens is 208 g/mol. The highest BCUT2D eigenvalue weighted by molar-refractivity contribution is 5.67. The first-order valence-corrected chi connectivity index (χ1v) is 4.65. The standard InChI is InChI=1S/C10H10N4O2/c11-10(15)16-9-6-12-14(13-9)7-8-4-2-1-3-5-8/h1-6H,7H2,(H2,11,15). The summed E-state index contributed by atoms with van der Waals surface area (Å²) in [4.78, 5) is 11.9. The summed E-state index contributed by atoms with van der Waals surface area (Å²) in [5.41, 5.74) is 5.91. The second-order valence-corrected chi connectivity index (χ2v) is 3.12. The number of hydrogen-bond donors (Lipinski definition) is 1. The van der Waals surface area contributed by atoms with Crippen LogP contribution in [-0.4, -0.2) is 21.1 Å². The number of nitrogens with two attached hydrogens (primary N) is 1. The van der Waals surface area contributed by atoms with Gasteiger partial charge in [0.05, 0.1) is 6.54 Å². The van der Waals surface area contributed by atoms with E-state index in [9.17, 15) is 4.79 Å². The molecule has 0 aliphatic heterocycles. The first kappa shape index (κ1) is 10.2. The van der Waals surface area contributed by atoms with Gasteiger partial charge in [-0.15, -0.1) is 5.10 Å². The van der Waals surface area contributed by atoms with E-state index >= 15 is 0 Å². The van der Waals surface area contributed by atoms with Crippen LogP contribution in [0, 0.1) is 0 Å². The number of primary amides is 1. The fraction of sp³-hybridized carbons (Fsp3) is 0.100. The molecule has 0 saturated heterocycles. The van der Waals surface area contributed by atoms with Crippen LogP contribution in [0.3, 0.4) is 0 Å². The molecule has 1 heterocycles. The molecule has 0 fully saturated rings. The van der Waals surface area contributed by atoms with E-state index in [1.54, 1.807) is 0 Å². The van der Waals surface area contributed by atoms with E-state index in [0.29, 0.717) is 6.54 Å². The lowest BCUT2D eigenvalue weighted by molar-refractivity contribution is 0.208. The van der Waals surface area contributed by atoms with Crippen molar-refractivity contribution in [2.45, 2.75) is 6.54 Å². The summed E-state index contributed by atoms with van der Waals surface area (Å²) in [5, 5.41) is 7.87. The van der Waals surface area contributed by atoms with E-state index < -0.39 is 6.09 Å². The van der Waals surface area contributed by atoms with Crippen molar-refractivity contribution in [2.75, 3.05) is 0 Å². The minimum atomic E-state index is -0.897. The molecule has 0 bridgehead atoms. The molecule has 1 amide bonds. The van der Waals surface area contributed by atoms with Gasteiger partial charge in [-0.3, -0.25) is 0 Å². The van der Waals surface area contributed by atoms with E-state index in [1.165, 1.54) is 11.0 Å². The van der Waals surface area contributed by atoms with Crippen LogP contribution in [-0.2, 0) is 6.54 Å². The number of benzene rings is 1. The highest BCUT2D eigenvalue weighted by atomic mass is 16.6. The molecule has 82 valence electrons. The second kappa shape index (κ2) is 4.43. The normalized spacial score (nSPS) is 10.0. The Labute approximate surface area is 91.6 Å². The number of aromatic nitrogens is 3. The van der Waals surface area contributed by atoms with Crippen molar-refractivity contribution in [3.63, 3.8) is 0 Å². The molecule has 1 aromatic carbocycles. The minimum absolute atomic E-state index is 0.100. The molecule has 2 rings (SSSR count). The highest BCUT2D eigenvalue weighted by Crippen LogP contribution is 2.05. The van der Waals surface area contributed by atoms with Gasteiger partial charge in [0.25, 0.3) is 5.88 Å². The van der Waals surface area contributed by atoms with Crippen molar-refractivity contribution in [3.8, 4) is 5.88 Å². The number of carbonyl (C=O) groups excluding carboxylic acids is 1. The fourth-order valence-electron chi connectivity index (χ4n) is 1.25. The Morgan fingerprint density at radius 2 is 2.12 bits per heavy atom. The van der Waals surface area contributed by atoms with Crippen LogP contribution < -0.4 is 10.5 Å². The van der Waals surface area contributed by atoms with Gasteiger partial charge in [-0.25, -0.2) is 4.79 Å². The minimum Gasteiger partial charge on any atom is -0.388 e. The fourth-order valence-corrected chi connectivity index (χ4v) is 1.25. The average Bonchev–Trinajstić information content (AvgIpc) is 2.66. The summed E-state index contributed by atoms with van der Waals surface area (Å²) < 4.78 is 4.58. The summed E-state index contributed by atoms with van der Waals surface area (Å²) in [6, 6.07) is 9.71. The maximum atomic E-state index is 10.5. The monoisotopic (exact) mass is 218 g/mol. The average molecular weight is 218 g/mol. The zero-order valence-electron chi connectivity index (χ0n) is 8.41. The van der Waals surface area contributed by atoms with Gasteiger partial charge in [0.1, 0.15) is 6.20 Å². The number of ether oxygens (including phenoxy) is 1. The molecule has 0 atom stereocenters. The second-order valence-electron chi connectivity index (χ2n) is 3.12. The zero-order valence-corrected chi connectivity index (χ0v) is 8.41. The van der Waals surface area contributed by atoms with Crippen molar-refractivity contribution in [1.82, 2.24) is 15.0 Å². The summed E-state index contributed by atoms with van der Waals surface area (Å²) in [7, 11) is 0. The molecule has 6 heteroatoms. The van der Waals surface area contributed by atoms with Gasteiger partial charge in [0.2, 0.25) is 0 Å². The van der Waals surface area contributed by atoms with Crippen LogP contribution in [0.25, 0.3) is 0 Å². The van der Waals surface area contributed by atoms with Crippen LogP contribution in [0.4, 0.5) is 4.79 Å². The molecule has 16 heavy (non-hydrogen) atoms. The maximum Gasteiger partial charge on any atom is 0.411 e. The summed E-state index contributed by atoms with van der Waals surface area (Å²) in [6.07, 6.45) is 0.444. The molecule has 0 spiro atoms. The zero-order chi connectivity index (χ0) is 11.4. The summed E-state index contributed by atoms with van der Waals surface area (Å²) in [6.45, 7) is 0.517. The molecular formula is C10H10N4O2. The molecule has 2 aromatic rings. The van der Waals surface area contributed by atoms with Gasteiger partial charge in [-0.05, 0) is 5.56 Å². The number of hydrogen-bond acceptors (Lipinski definition) is 4. The molecule has 0 saturated carbocycles. The molecule has 0 radical (unpaired) electrons. The third-order valence-electron chi connectivity index (χ3n) is 1.89. The van der Waals surface area contributed by atoms with Gasteiger partial charge in [-0.1, -0.05) is 30.3 Å². The van der Waals surface area contributed by atoms with Gasteiger partial charge in [0.15, 0.2) is 0 Å². The van der Waals surface area contributed by atoms with Crippen molar-refractivity contribution in [3.05, 3.63) is 42.1 Å². The summed E-state index contributed by atoms with van der Waals surface area (Å²) in [5.74, 6) is 0.100. The maximum absolute atomic E-state index is 10.5. The SMILES string of the molecule is NC(=O)Oc1cnn(Cc2ccccc2)n1. The van der Waals surface area contributed by atoms with E-state index in [-0.39, 0.29) is 5.88 Å².